The van der Waals surface area contributed by atoms with Crippen LogP contribution in [-0.4, -0.2) is 47.3 Å². The number of nitrogens with zero attached hydrogens (tertiary/aromatic N) is 3. The van der Waals surface area contributed by atoms with E-state index in [0.717, 1.165) is 16.9 Å². The van der Waals surface area contributed by atoms with Gasteiger partial charge in [0.15, 0.2) is 5.65 Å². The molecule has 21 heavy (non-hydrogen) atoms. The van der Waals surface area contributed by atoms with Crippen LogP contribution in [0.2, 0.25) is 0 Å². The van der Waals surface area contributed by atoms with Gasteiger partial charge in [-0.3, -0.25) is 4.79 Å². The minimum Gasteiger partial charge on any atom is -0.383 e. The Labute approximate surface area is 123 Å². The Bertz CT molecular complexity index is 596. The maximum Gasteiger partial charge on any atom is 0.221 e. The van der Waals surface area contributed by atoms with Crippen LogP contribution in [-0.2, 0) is 16.1 Å². The number of aryl methyl sites for hydroxylation is 1. The molecule has 114 valence electrons. The number of fused-ring (bicyclic) bond motifs is 1. The maximum absolute atomic E-state index is 11.5. The molecule has 0 aliphatic heterocycles. The van der Waals surface area contributed by atoms with Crippen LogP contribution >= 0.6 is 0 Å². The number of methoxy groups -OCH3 is 1. The minimum atomic E-state index is 0.0239. The highest BCUT2D eigenvalue weighted by Crippen LogP contribution is 2.04. The zero-order chi connectivity index (χ0) is 15.1. The van der Waals surface area contributed by atoms with Gasteiger partial charge in [-0.05, 0) is 6.92 Å². The highest BCUT2D eigenvalue weighted by Gasteiger charge is 2.02. The van der Waals surface area contributed by atoms with Gasteiger partial charge in [-0.25, -0.2) is 9.50 Å². The molecule has 0 fully saturated rings. The Hall–Kier alpha value is -1.99. The molecule has 0 saturated heterocycles. The third-order valence-electron chi connectivity index (χ3n) is 2.98. The van der Waals surface area contributed by atoms with Crippen LogP contribution in [0.1, 0.15) is 17.7 Å². The summed E-state index contributed by atoms with van der Waals surface area (Å²) in [5.41, 5.74) is 2.82. The first-order chi connectivity index (χ1) is 10.2. The lowest BCUT2D eigenvalue weighted by molar-refractivity contribution is -0.121. The lowest BCUT2D eigenvalue weighted by Crippen LogP contribution is -2.30. The van der Waals surface area contributed by atoms with Gasteiger partial charge in [-0.1, -0.05) is 0 Å². The number of hydrogen-bond acceptors (Lipinski definition) is 5. The van der Waals surface area contributed by atoms with E-state index < -0.39 is 0 Å². The van der Waals surface area contributed by atoms with Crippen LogP contribution in [0.4, 0.5) is 0 Å². The predicted octanol–water partition coefficient (Wildman–Crippen LogP) is 0.280. The monoisotopic (exact) mass is 291 g/mol. The lowest BCUT2D eigenvalue weighted by atomic mass is 10.3. The summed E-state index contributed by atoms with van der Waals surface area (Å²) in [6.07, 6.45) is 4.21. The summed E-state index contributed by atoms with van der Waals surface area (Å²) < 4.78 is 6.63. The Morgan fingerprint density at radius 2 is 2.29 bits per heavy atom. The highest BCUT2D eigenvalue weighted by atomic mass is 16.5. The fraction of sp³-hybridized carbons (Fsp3) is 0.500. The van der Waals surface area contributed by atoms with E-state index in [2.05, 4.69) is 20.7 Å². The molecule has 2 rings (SSSR count). The van der Waals surface area contributed by atoms with Crippen molar-refractivity contribution in [2.45, 2.75) is 19.9 Å². The van der Waals surface area contributed by atoms with Crippen LogP contribution in [0.3, 0.4) is 0 Å². The molecule has 2 aromatic rings. The minimum absolute atomic E-state index is 0.0239. The van der Waals surface area contributed by atoms with Gasteiger partial charge >= 0.3 is 0 Å². The fourth-order valence-corrected chi connectivity index (χ4v) is 1.94. The largest absolute Gasteiger partial charge is 0.383 e. The van der Waals surface area contributed by atoms with E-state index in [1.807, 2.05) is 25.4 Å². The van der Waals surface area contributed by atoms with E-state index in [9.17, 15) is 4.79 Å². The molecule has 0 atom stereocenters. The average Bonchev–Trinajstić information content (AvgIpc) is 2.83. The summed E-state index contributed by atoms with van der Waals surface area (Å²) >= 11 is 0. The van der Waals surface area contributed by atoms with Crippen LogP contribution in [0.25, 0.3) is 5.65 Å². The molecule has 0 aliphatic rings. The van der Waals surface area contributed by atoms with Crippen LogP contribution < -0.4 is 10.6 Å². The van der Waals surface area contributed by atoms with Crippen LogP contribution in [0.5, 0.6) is 0 Å². The summed E-state index contributed by atoms with van der Waals surface area (Å²) in [6, 6.07) is 1.93. The fourth-order valence-electron chi connectivity index (χ4n) is 1.94. The third kappa shape index (κ3) is 4.80. The Morgan fingerprint density at radius 3 is 3.10 bits per heavy atom. The maximum atomic E-state index is 11.5. The van der Waals surface area contributed by atoms with Crippen molar-refractivity contribution >= 4 is 11.6 Å². The van der Waals surface area contributed by atoms with Crippen LogP contribution in [0.15, 0.2) is 18.5 Å². The zero-order valence-corrected chi connectivity index (χ0v) is 12.4. The number of ether oxygens (including phenoxy) is 1. The second-order valence-corrected chi connectivity index (χ2v) is 4.82. The summed E-state index contributed by atoms with van der Waals surface area (Å²) in [6.45, 7) is 4.31. The Balaban J connectivity index is 1.71. The molecule has 2 N–H and O–H groups in total. The van der Waals surface area contributed by atoms with Gasteiger partial charge in [0, 0.05) is 57.2 Å². The third-order valence-corrected chi connectivity index (χ3v) is 2.98. The SMILES string of the molecule is COCCNC(=O)CCNCc1cnc2cc(C)nn2c1. The summed E-state index contributed by atoms with van der Waals surface area (Å²) in [4.78, 5) is 15.8. The van der Waals surface area contributed by atoms with E-state index in [1.54, 1.807) is 11.6 Å². The smallest absolute Gasteiger partial charge is 0.221 e. The summed E-state index contributed by atoms with van der Waals surface area (Å²) in [7, 11) is 1.61. The van der Waals surface area contributed by atoms with Gasteiger partial charge in [0.05, 0.1) is 12.3 Å². The number of amides is 1. The number of hydrogen-bond donors (Lipinski definition) is 2. The molecule has 0 bridgehead atoms. The number of aromatic nitrogens is 3. The average molecular weight is 291 g/mol. The Kier molecular flexibility index (Phi) is 5.65. The molecule has 0 spiro atoms. The highest BCUT2D eigenvalue weighted by molar-refractivity contribution is 5.76. The first kappa shape index (κ1) is 15.4. The van der Waals surface area contributed by atoms with Gasteiger partial charge < -0.3 is 15.4 Å². The quantitative estimate of drug-likeness (QED) is 0.683. The molecule has 7 heteroatoms. The van der Waals surface area contributed by atoms with E-state index in [1.165, 1.54) is 0 Å². The molecule has 0 saturated carbocycles. The molecule has 0 unspecified atom stereocenters. The van der Waals surface area contributed by atoms with E-state index in [0.29, 0.717) is 32.7 Å². The van der Waals surface area contributed by atoms with Crippen molar-refractivity contribution in [3.63, 3.8) is 0 Å². The first-order valence-corrected chi connectivity index (χ1v) is 6.96. The topological polar surface area (TPSA) is 80.5 Å². The van der Waals surface area contributed by atoms with Gasteiger partial charge in [0.2, 0.25) is 5.91 Å². The molecule has 7 nitrogen and oxygen atoms in total. The van der Waals surface area contributed by atoms with Crippen molar-refractivity contribution in [2.75, 3.05) is 26.8 Å². The molecular weight excluding hydrogens is 270 g/mol. The molecule has 2 aromatic heterocycles. The Morgan fingerprint density at radius 1 is 1.43 bits per heavy atom. The van der Waals surface area contributed by atoms with E-state index in [-0.39, 0.29) is 5.91 Å². The number of rotatable bonds is 8. The molecule has 0 radical (unpaired) electrons. The van der Waals surface area contributed by atoms with E-state index >= 15 is 0 Å². The second kappa shape index (κ2) is 7.70. The standard InChI is InChI=1S/C14H21N5O2/c1-11-7-13-17-9-12(10-19(13)18-11)8-15-4-3-14(20)16-5-6-21-2/h7,9-10,15H,3-6,8H2,1-2H3,(H,16,20). The van der Waals surface area contributed by atoms with Crippen molar-refractivity contribution in [1.29, 1.82) is 0 Å². The molecule has 1 amide bonds. The molecular formula is C14H21N5O2. The first-order valence-electron chi connectivity index (χ1n) is 6.96. The van der Waals surface area contributed by atoms with Crippen molar-refractivity contribution in [3.8, 4) is 0 Å². The molecule has 0 aromatic carbocycles. The predicted molar refractivity (Wildman–Crippen MR) is 78.9 cm³/mol. The lowest BCUT2D eigenvalue weighted by Gasteiger charge is -2.06. The van der Waals surface area contributed by atoms with Crippen molar-refractivity contribution in [2.24, 2.45) is 0 Å². The molecule has 2 heterocycles. The van der Waals surface area contributed by atoms with Crippen molar-refractivity contribution in [3.05, 3.63) is 29.7 Å². The number of nitrogens with one attached hydrogen (secondary N) is 2. The van der Waals surface area contributed by atoms with E-state index in [4.69, 9.17) is 4.74 Å². The normalized spacial score (nSPS) is 11.0. The number of carbonyl (C=O) groups is 1. The zero-order valence-electron chi connectivity index (χ0n) is 12.4. The summed E-state index contributed by atoms with van der Waals surface area (Å²) in [5.74, 6) is 0.0239. The van der Waals surface area contributed by atoms with Crippen molar-refractivity contribution in [1.82, 2.24) is 25.2 Å². The van der Waals surface area contributed by atoms with Gasteiger partial charge in [-0.15, -0.1) is 0 Å². The van der Waals surface area contributed by atoms with Gasteiger partial charge in [-0.2, -0.15) is 5.10 Å². The van der Waals surface area contributed by atoms with Crippen molar-refractivity contribution < 1.29 is 9.53 Å². The summed E-state index contributed by atoms with van der Waals surface area (Å²) in [5, 5.41) is 10.3. The molecule has 0 aliphatic carbocycles. The second-order valence-electron chi connectivity index (χ2n) is 4.82. The van der Waals surface area contributed by atoms with Crippen LogP contribution in [0, 0.1) is 6.92 Å². The number of carbonyl (C=O) groups excluding carboxylic acids is 1. The van der Waals surface area contributed by atoms with Gasteiger partial charge in [0.25, 0.3) is 0 Å². The van der Waals surface area contributed by atoms with Gasteiger partial charge in [0.1, 0.15) is 0 Å².